The number of fused-ring (bicyclic) bond motifs is 8. The fraction of sp³-hybridized carbons (Fsp3) is 0.286. The zero-order chi connectivity index (χ0) is 38.1. The number of nitrogens with one attached hydrogen (secondary N) is 4. The average molecular weight is 732 g/mol. The Labute approximate surface area is 311 Å². The minimum absolute atomic E-state index is 0.0229. The highest BCUT2D eigenvalue weighted by molar-refractivity contribution is 8.03. The number of carbonyl (C=O) groups excluding carboxylic acids is 3. The van der Waals surface area contributed by atoms with Crippen molar-refractivity contribution in [2.24, 2.45) is 0 Å². The molecule has 53 heavy (non-hydrogen) atoms. The summed E-state index contributed by atoms with van der Waals surface area (Å²) in [5, 5.41) is 13.1. The molecule has 0 saturated carbocycles. The molecule has 2 aliphatic rings. The Morgan fingerprint density at radius 3 is 1.98 bits per heavy atom. The Kier molecular flexibility index (Phi) is 10.7. The number of hydrogen-bond donors (Lipinski definition) is 5. The lowest BCUT2D eigenvalue weighted by atomic mass is 10.00. The molecule has 4 aromatic rings. The van der Waals surface area contributed by atoms with Crippen molar-refractivity contribution in [1.29, 1.82) is 0 Å². The highest BCUT2D eigenvalue weighted by atomic mass is 32.2. The van der Waals surface area contributed by atoms with Gasteiger partial charge in [0, 0.05) is 87.2 Å². The molecule has 5 N–H and O–H groups in total. The number of aliphatic carboxylic acids is 1. The van der Waals surface area contributed by atoms with Crippen LogP contribution in [0.4, 0.5) is 0 Å². The minimum atomic E-state index is -0.875. The molecule has 0 unspecified atom stereocenters. The smallest absolute Gasteiger partial charge is 0.303 e. The van der Waals surface area contributed by atoms with Crippen molar-refractivity contribution in [3.63, 3.8) is 0 Å². The number of aromatic nitrogens is 4. The van der Waals surface area contributed by atoms with Crippen LogP contribution in [0.1, 0.15) is 93.0 Å². The van der Waals surface area contributed by atoms with Crippen LogP contribution in [0.2, 0.25) is 0 Å². The number of nitrogens with zero attached hydrogens (tertiary/aromatic N) is 1. The molecule has 0 aliphatic carbocycles. The Morgan fingerprint density at radius 1 is 0.698 bits per heavy atom. The Morgan fingerprint density at radius 2 is 1.30 bits per heavy atom. The number of Topliss-reactive ketones (excluding diaryl/α,β-unsaturated/α-hetero) is 1. The van der Waals surface area contributed by atoms with E-state index in [0.29, 0.717) is 24.2 Å². The second-order valence-electron chi connectivity index (χ2n) is 13.6. The van der Waals surface area contributed by atoms with Crippen molar-refractivity contribution < 1.29 is 24.3 Å². The summed E-state index contributed by atoms with van der Waals surface area (Å²) < 4.78 is 0. The van der Waals surface area contributed by atoms with Gasteiger partial charge in [-0.3, -0.25) is 24.1 Å². The molecule has 274 valence electrons. The van der Waals surface area contributed by atoms with Crippen LogP contribution in [0.3, 0.4) is 0 Å². The predicted octanol–water partition coefficient (Wildman–Crippen LogP) is 4.06. The molecule has 6 heterocycles. The molecule has 2 amide bonds. The first-order valence-corrected chi connectivity index (χ1v) is 18.9. The Hall–Kier alpha value is -5.55. The van der Waals surface area contributed by atoms with Gasteiger partial charge in [-0.25, -0.2) is 0 Å². The summed E-state index contributed by atoms with van der Waals surface area (Å²) in [6.07, 6.45) is 16.8. The second kappa shape index (κ2) is 15.2. The van der Waals surface area contributed by atoms with Gasteiger partial charge < -0.3 is 25.0 Å². The molecule has 0 fully saturated rings. The topological polar surface area (TPSA) is 155 Å². The number of carboxylic acid groups (broad SMARTS) is 1. The zero-order valence-electron chi connectivity index (χ0n) is 30.8. The monoisotopic (exact) mass is 731 g/mol. The molecule has 0 spiro atoms. The van der Waals surface area contributed by atoms with E-state index in [0.717, 1.165) is 88.7 Å². The third-order valence-electron chi connectivity index (χ3n) is 10.5. The first-order chi connectivity index (χ1) is 25.3. The predicted molar refractivity (Wildman–Crippen MR) is 212 cm³/mol. The number of imide groups is 1. The van der Waals surface area contributed by atoms with Gasteiger partial charge in [-0.05, 0) is 111 Å². The first kappa shape index (κ1) is 37.2. The van der Waals surface area contributed by atoms with Gasteiger partial charge in [0.05, 0.1) is 4.91 Å². The average Bonchev–Trinajstić information content (AvgIpc) is 3.85. The van der Waals surface area contributed by atoms with Crippen LogP contribution in [0.15, 0.2) is 24.1 Å². The van der Waals surface area contributed by atoms with E-state index < -0.39 is 5.97 Å². The summed E-state index contributed by atoms with van der Waals surface area (Å²) >= 11 is 1.24. The summed E-state index contributed by atoms with van der Waals surface area (Å²) in [5.41, 5.74) is 11.4. The summed E-state index contributed by atoms with van der Waals surface area (Å²) in [5.74, 6) is -1.47. The Bertz CT molecular complexity index is 2500. The van der Waals surface area contributed by atoms with Gasteiger partial charge in [-0.15, -0.1) is 11.8 Å². The molecule has 4 aromatic heterocycles. The molecule has 0 radical (unpaired) electrons. The van der Waals surface area contributed by atoms with E-state index in [1.807, 2.05) is 38.2 Å². The van der Waals surface area contributed by atoms with Crippen molar-refractivity contribution in [2.75, 3.05) is 12.8 Å². The quantitative estimate of drug-likeness (QED) is 0.115. The minimum Gasteiger partial charge on any atom is -0.481 e. The number of thioether (sulfide) groups is 1. The fourth-order valence-electron chi connectivity index (χ4n) is 7.36. The normalized spacial score (nSPS) is 13.6. The third kappa shape index (κ3) is 7.26. The summed E-state index contributed by atoms with van der Waals surface area (Å²) in [6.45, 7) is 16.6. The Balaban J connectivity index is 1.45. The number of carboxylic acids is 1. The first-order valence-electron chi connectivity index (χ1n) is 17.7. The number of hydrogen-bond acceptors (Lipinski definition) is 5. The number of amides is 2. The molecule has 0 aromatic carbocycles. The number of H-pyrrole nitrogens is 4. The van der Waals surface area contributed by atoms with E-state index in [2.05, 4.69) is 59.1 Å². The van der Waals surface area contributed by atoms with Gasteiger partial charge in [-0.2, -0.15) is 0 Å². The SMILES string of the molecule is C=Cc1c2[nH]c(c1C)C=c1[nH]c(c(C)c1C=C)=Cc1[nH]c(c(CCC(=O)CCCN3C(=O)C=C(SC)C3=O)c1C)C=c1[nH]c(c(C)c1CCC(=O)O)=C2. The van der Waals surface area contributed by atoms with E-state index in [1.165, 1.54) is 22.7 Å². The van der Waals surface area contributed by atoms with Crippen LogP contribution < -0.4 is 21.4 Å². The highest BCUT2D eigenvalue weighted by Gasteiger charge is 2.30. The standard InChI is InChI=1S/C42H45N5O5S/c1-8-27-22(3)31-17-32-24(5)29(13-12-26(48)11-10-16-47-40(49)21-39(53-7)42(47)52)37(45-32)20-38-30(14-15-41(50)51)25(6)34(46-38)19-36-28(9-2)23(4)33(44-36)18-35(27)43-31/h8-9,17-21,43-46H,1-2,10-16H2,3-7H3,(H,50,51). The van der Waals surface area contributed by atoms with Gasteiger partial charge >= 0.3 is 5.97 Å². The lowest BCUT2D eigenvalue weighted by Crippen LogP contribution is -2.32. The summed E-state index contributed by atoms with van der Waals surface area (Å²) in [6, 6.07) is 0. The molecule has 6 rings (SSSR count). The molecule has 0 atom stereocenters. The van der Waals surface area contributed by atoms with E-state index in [1.54, 1.807) is 6.26 Å². The van der Waals surface area contributed by atoms with Crippen LogP contribution in [0.5, 0.6) is 0 Å². The van der Waals surface area contributed by atoms with Gasteiger partial charge in [0.2, 0.25) is 0 Å². The van der Waals surface area contributed by atoms with Gasteiger partial charge in [0.1, 0.15) is 5.78 Å². The van der Waals surface area contributed by atoms with Gasteiger partial charge in [0.15, 0.2) is 0 Å². The zero-order valence-corrected chi connectivity index (χ0v) is 31.7. The van der Waals surface area contributed by atoms with Crippen molar-refractivity contribution in [3.8, 4) is 0 Å². The van der Waals surface area contributed by atoms with Gasteiger partial charge in [0.25, 0.3) is 11.8 Å². The van der Waals surface area contributed by atoms with Gasteiger partial charge in [-0.1, -0.05) is 25.3 Å². The van der Waals surface area contributed by atoms with Crippen LogP contribution in [-0.4, -0.2) is 66.3 Å². The molecule has 10 nitrogen and oxygen atoms in total. The van der Waals surface area contributed by atoms with Crippen LogP contribution in [0, 0.1) is 27.7 Å². The van der Waals surface area contributed by atoms with Crippen LogP contribution in [-0.2, 0) is 32.0 Å². The summed E-state index contributed by atoms with van der Waals surface area (Å²) in [7, 11) is 0. The van der Waals surface area contributed by atoms with Crippen molar-refractivity contribution in [3.05, 3.63) is 113 Å². The fourth-order valence-corrected chi connectivity index (χ4v) is 7.87. The lowest BCUT2D eigenvalue weighted by Gasteiger charge is -2.13. The van der Waals surface area contributed by atoms with E-state index in [9.17, 15) is 24.3 Å². The van der Waals surface area contributed by atoms with Crippen molar-refractivity contribution in [2.45, 2.75) is 66.2 Å². The second-order valence-corrected chi connectivity index (χ2v) is 14.5. The molecule has 11 heteroatoms. The molecular formula is C42H45N5O5S. The van der Waals surface area contributed by atoms with E-state index in [4.69, 9.17) is 0 Å². The van der Waals surface area contributed by atoms with E-state index >= 15 is 0 Å². The highest BCUT2D eigenvalue weighted by Crippen LogP contribution is 2.25. The number of aromatic amines is 4. The molecular weight excluding hydrogens is 687 g/mol. The maximum Gasteiger partial charge on any atom is 0.303 e. The third-order valence-corrected chi connectivity index (χ3v) is 11.2. The number of carbonyl (C=O) groups is 4. The summed E-state index contributed by atoms with van der Waals surface area (Å²) in [4.78, 5) is 65.7. The number of rotatable bonds is 13. The largest absolute Gasteiger partial charge is 0.481 e. The van der Waals surface area contributed by atoms with E-state index in [-0.39, 0.29) is 43.4 Å². The molecule has 0 saturated heterocycles. The van der Waals surface area contributed by atoms with Crippen LogP contribution >= 0.6 is 11.8 Å². The number of ketones is 1. The maximum absolute atomic E-state index is 13.2. The molecule has 8 bridgehead atoms. The molecule has 2 aliphatic heterocycles. The lowest BCUT2D eigenvalue weighted by molar-refractivity contribution is -0.138. The maximum atomic E-state index is 13.2. The van der Waals surface area contributed by atoms with Crippen molar-refractivity contribution in [1.82, 2.24) is 24.8 Å². The van der Waals surface area contributed by atoms with Crippen molar-refractivity contribution >= 4 is 71.8 Å². The van der Waals surface area contributed by atoms with Crippen LogP contribution in [0.25, 0.3) is 36.5 Å².